The normalized spacial score (nSPS) is 10.2. The highest BCUT2D eigenvalue weighted by Gasteiger charge is 2.08. The molecule has 1 amide bonds. The van der Waals surface area contributed by atoms with Crippen LogP contribution in [0.15, 0.2) is 42.5 Å². The molecule has 0 heterocycles. The Morgan fingerprint density at radius 1 is 1.26 bits per heavy atom. The minimum absolute atomic E-state index is 0.0188. The summed E-state index contributed by atoms with van der Waals surface area (Å²) in [6.45, 7) is 0. The van der Waals surface area contributed by atoms with Gasteiger partial charge in [0.1, 0.15) is 5.82 Å². The lowest BCUT2D eigenvalue weighted by Gasteiger charge is -2.07. The second-order valence-electron chi connectivity index (χ2n) is 4.05. The zero-order valence-electron chi connectivity index (χ0n) is 9.99. The van der Waals surface area contributed by atoms with Crippen molar-refractivity contribution in [2.24, 2.45) is 0 Å². The highest BCUT2D eigenvalue weighted by Crippen LogP contribution is 2.19. The van der Waals surface area contributed by atoms with E-state index in [2.05, 4.69) is 5.32 Å². The van der Waals surface area contributed by atoms with Crippen molar-refractivity contribution in [2.45, 2.75) is 6.42 Å². The van der Waals surface area contributed by atoms with Gasteiger partial charge in [0, 0.05) is 11.4 Å². The number of amides is 1. The van der Waals surface area contributed by atoms with E-state index in [1.54, 1.807) is 24.3 Å². The first-order chi connectivity index (χ1) is 9.06. The van der Waals surface area contributed by atoms with Gasteiger partial charge in [-0.3, -0.25) is 4.79 Å². The summed E-state index contributed by atoms with van der Waals surface area (Å²) in [6.07, 6.45) is 0.136. The Morgan fingerprint density at radius 3 is 2.68 bits per heavy atom. The number of hydrogen-bond donors (Lipinski definition) is 2. The van der Waals surface area contributed by atoms with E-state index < -0.39 is 5.82 Å². The van der Waals surface area contributed by atoms with Gasteiger partial charge in [-0.15, -0.1) is 0 Å². The number of anilines is 2. The molecule has 0 radical (unpaired) electrons. The molecule has 0 saturated carbocycles. The number of hydrogen-bond acceptors (Lipinski definition) is 2. The number of halogens is 2. The number of rotatable bonds is 3. The summed E-state index contributed by atoms with van der Waals surface area (Å²) in [5, 5.41) is 2.61. The van der Waals surface area contributed by atoms with Crippen molar-refractivity contribution < 1.29 is 9.18 Å². The molecule has 0 atom stereocenters. The third-order valence-corrected chi connectivity index (χ3v) is 2.92. The van der Waals surface area contributed by atoms with Crippen molar-refractivity contribution in [3.63, 3.8) is 0 Å². The van der Waals surface area contributed by atoms with Crippen LogP contribution in [0.2, 0.25) is 5.02 Å². The quantitative estimate of drug-likeness (QED) is 0.847. The van der Waals surface area contributed by atoms with Crippen LogP contribution in [0.3, 0.4) is 0 Å². The van der Waals surface area contributed by atoms with E-state index in [0.29, 0.717) is 11.4 Å². The fourth-order valence-corrected chi connectivity index (χ4v) is 1.76. The highest BCUT2D eigenvalue weighted by molar-refractivity contribution is 6.30. The third kappa shape index (κ3) is 3.45. The van der Waals surface area contributed by atoms with E-state index in [4.69, 9.17) is 17.3 Å². The molecule has 2 aromatic rings. The Morgan fingerprint density at radius 2 is 2.00 bits per heavy atom. The lowest BCUT2D eigenvalue weighted by molar-refractivity contribution is -0.115. The SMILES string of the molecule is Nc1ccccc1CC(=O)Nc1ccc(Cl)c(F)c1. The van der Waals surface area contributed by atoms with E-state index in [1.165, 1.54) is 18.2 Å². The first-order valence-corrected chi connectivity index (χ1v) is 6.02. The number of nitrogens with two attached hydrogens (primary N) is 1. The number of benzene rings is 2. The molecule has 0 aliphatic heterocycles. The van der Waals surface area contributed by atoms with Gasteiger partial charge in [0.2, 0.25) is 5.91 Å². The van der Waals surface area contributed by atoms with Crippen LogP contribution in [0, 0.1) is 5.82 Å². The Kier molecular flexibility index (Phi) is 4.02. The van der Waals surface area contributed by atoms with Gasteiger partial charge in [-0.05, 0) is 29.8 Å². The van der Waals surface area contributed by atoms with Crippen molar-refractivity contribution in [3.05, 3.63) is 58.9 Å². The summed E-state index contributed by atoms with van der Waals surface area (Å²) in [5.41, 5.74) is 7.40. The van der Waals surface area contributed by atoms with Gasteiger partial charge < -0.3 is 11.1 Å². The van der Waals surface area contributed by atoms with Gasteiger partial charge in [-0.1, -0.05) is 29.8 Å². The molecule has 5 heteroatoms. The minimum atomic E-state index is -0.571. The lowest BCUT2D eigenvalue weighted by atomic mass is 10.1. The number of para-hydroxylation sites is 1. The summed E-state index contributed by atoms with van der Waals surface area (Å²) in [7, 11) is 0. The summed E-state index contributed by atoms with van der Waals surface area (Å²) >= 11 is 5.56. The molecule has 0 unspecified atom stereocenters. The molecule has 0 spiro atoms. The van der Waals surface area contributed by atoms with Crippen molar-refractivity contribution in [2.75, 3.05) is 11.1 Å². The predicted octanol–water partition coefficient (Wildman–Crippen LogP) is 3.24. The summed E-state index contributed by atoms with van der Waals surface area (Å²) < 4.78 is 13.2. The summed E-state index contributed by atoms with van der Waals surface area (Å²) in [6, 6.07) is 11.2. The second-order valence-corrected chi connectivity index (χ2v) is 4.46. The van der Waals surface area contributed by atoms with E-state index in [-0.39, 0.29) is 17.4 Å². The lowest BCUT2D eigenvalue weighted by Crippen LogP contribution is -2.15. The van der Waals surface area contributed by atoms with Crippen molar-refractivity contribution >= 4 is 28.9 Å². The molecule has 0 aromatic heterocycles. The fourth-order valence-electron chi connectivity index (χ4n) is 1.65. The first kappa shape index (κ1) is 13.4. The molecule has 3 N–H and O–H groups in total. The maximum absolute atomic E-state index is 13.2. The van der Waals surface area contributed by atoms with Gasteiger partial charge in [0.15, 0.2) is 0 Å². The Balaban J connectivity index is 2.05. The smallest absolute Gasteiger partial charge is 0.228 e. The van der Waals surface area contributed by atoms with Gasteiger partial charge in [-0.25, -0.2) is 4.39 Å². The molecule has 19 heavy (non-hydrogen) atoms. The maximum Gasteiger partial charge on any atom is 0.228 e. The zero-order valence-corrected chi connectivity index (χ0v) is 10.7. The zero-order chi connectivity index (χ0) is 13.8. The van der Waals surface area contributed by atoms with Crippen molar-refractivity contribution in [3.8, 4) is 0 Å². The first-order valence-electron chi connectivity index (χ1n) is 5.64. The molecule has 0 aliphatic rings. The number of nitrogen functional groups attached to an aromatic ring is 1. The van der Waals surface area contributed by atoms with Crippen LogP contribution in [-0.4, -0.2) is 5.91 Å². The molecule has 0 aliphatic carbocycles. The molecule has 0 saturated heterocycles. The molecule has 2 rings (SSSR count). The molecule has 0 fully saturated rings. The van der Waals surface area contributed by atoms with Crippen LogP contribution in [0.4, 0.5) is 15.8 Å². The number of nitrogens with one attached hydrogen (secondary N) is 1. The summed E-state index contributed by atoms with van der Waals surface area (Å²) in [5.74, 6) is -0.835. The molecule has 98 valence electrons. The van der Waals surface area contributed by atoms with Crippen LogP contribution in [0.5, 0.6) is 0 Å². The fraction of sp³-hybridized carbons (Fsp3) is 0.0714. The monoisotopic (exact) mass is 278 g/mol. The Hall–Kier alpha value is -2.07. The van der Waals surface area contributed by atoms with Crippen LogP contribution in [-0.2, 0) is 11.2 Å². The predicted molar refractivity (Wildman–Crippen MR) is 74.6 cm³/mol. The average Bonchev–Trinajstić information content (AvgIpc) is 2.37. The van der Waals surface area contributed by atoms with E-state index in [0.717, 1.165) is 5.56 Å². The highest BCUT2D eigenvalue weighted by atomic mass is 35.5. The van der Waals surface area contributed by atoms with E-state index in [1.807, 2.05) is 0 Å². The van der Waals surface area contributed by atoms with Gasteiger partial charge in [-0.2, -0.15) is 0 Å². The molecule has 0 bridgehead atoms. The van der Waals surface area contributed by atoms with Crippen LogP contribution in [0.25, 0.3) is 0 Å². The molecule has 2 aromatic carbocycles. The van der Waals surface area contributed by atoms with Crippen molar-refractivity contribution in [1.82, 2.24) is 0 Å². The Bertz CT molecular complexity index is 616. The van der Waals surface area contributed by atoms with Gasteiger partial charge >= 0.3 is 0 Å². The van der Waals surface area contributed by atoms with Crippen LogP contribution < -0.4 is 11.1 Å². The minimum Gasteiger partial charge on any atom is -0.398 e. The van der Waals surface area contributed by atoms with Crippen LogP contribution >= 0.6 is 11.6 Å². The second kappa shape index (κ2) is 5.71. The average molecular weight is 279 g/mol. The van der Waals surface area contributed by atoms with Crippen molar-refractivity contribution in [1.29, 1.82) is 0 Å². The third-order valence-electron chi connectivity index (χ3n) is 2.61. The van der Waals surface area contributed by atoms with E-state index in [9.17, 15) is 9.18 Å². The van der Waals surface area contributed by atoms with E-state index >= 15 is 0 Å². The molecular weight excluding hydrogens is 267 g/mol. The number of carbonyl (C=O) groups is 1. The van der Waals surface area contributed by atoms with Gasteiger partial charge in [0.05, 0.1) is 11.4 Å². The van der Waals surface area contributed by atoms with Crippen LogP contribution in [0.1, 0.15) is 5.56 Å². The maximum atomic E-state index is 13.2. The standard InChI is InChI=1S/C14H12ClFN2O/c15-11-6-5-10(8-12(11)16)18-14(19)7-9-3-1-2-4-13(9)17/h1-6,8H,7,17H2,(H,18,19). The summed E-state index contributed by atoms with van der Waals surface area (Å²) in [4.78, 5) is 11.8. The van der Waals surface area contributed by atoms with Gasteiger partial charge in [0.25, 0.3) is 0 Å². The largest absolute Gasteiger partial charge is 0.398 e. The Labute approximate surface area is 115 Å². The molecule has 3 nitrogen and oxygen atoms in total. The topological polar surface area (TPSA) is 55.1 Å². The number of carbonyl (C=O) groups excluding carboxylic acids is 1. The molecular formula is C14H12ClFN2O.